The molecule has 5 heteroatoms. The number of hydrogen-bond acceptors (Lipinski definition) is 4. The van der Waals surface area contributed by atoms with Crippen molar-refractivity contribution in [1.29, 1.82) is 0 Å². The molecule has 0 saturated heterocycles. The summed E-state index contributed by atoms with van der Waals surface area (Å²) in [6.07, 6.45) is 0. The normalized spacial score (nSPS) is 11.9. The molecule has 0 aliphatic rings. The van der Waals surface area contributed by atoms with Crippen LogP contribution in [-0.4, -0.2) is 21.7 Å². The summed E-state index contributed by atoms with van der Waals surface area (Å²) < 4.78 is 0. The van der Waals surface area contributed by atoms with Gasteiger partial charge in [-0.1, -0.05) is 6.92 Å². The molecule has 0 radical (unpaired) electrons. The van der Waals surface area contributed by atoms with Gasteiger partial charge in [-0.25, -0.2) is 0 Å². The highest BCUT2D eigenvalue weighted by Gasteiger charge is 2.22. The summed E-state index contributed by atoms with van der Waals surface area (Å²) in [5.41, 5.74) is 5.20. The van der Waals surface area contributed by atoms with Crippen molar-refractivity contribution in [3.8, 4) is 0 Å². The number of aromatic nitrogens is 3. The van der Waals surface area contributed by atoms with Gasteiger partial charge in [-0.3, -0.25) is 5.10 Å². The Kier molecular flexibility index (Phi) is 2.32. The van der Waals surface area contributed by atoms with Crippen LogP contribution in [0.25, 0.3) is 0 Å². The van der Waals surface area contributed by atoms with E-state index < -0.39 is 0 Å². The van der Waals surface area contributed by atoms with E-state index in [2.05, 4.69) is 20.5 Å². The van der Waals surface area contributed by atoms with Crippen molar-refractivity contribution in [2.75, 3.05) is 12.3 Å². The van der Waals surface area contributed by atoms with E-state index in [1.165, 1.54) is 0 Å². The monoisotopic (exact) mass is 169 g/mol. The molecule has 0 spiro atoms. The van der Waals surface area contributed by atoms with Crippen LogP contribution in [0.1, 0.15) is 26.6 Å². The molecule has 0 aliphatic carbocycles. The van der Waals surface area contributed by atoms with Gasteiger partial charge in [0, 0.05) is 0 Å². The Morgan fingerprint density at radius 1 is 1.58 bits per heavy atom. The highest BCUT2D eigenvalue weighted by molar-refractivity contribution is 5.16. The van der Waals surface area contributed by atoms with Crippen molar-refractivity contribution in [1.82, 2.24) is 20.5 Å². The van der Waals surface area contributed by atoms with Gasteiger partial charge in [0.25, 0.3) is 0 Å². The maximum absolute atomic E-state index is 5.39. The molecule has 0 aromatic carbocycles. The van der Waals surface area contributed by atoms with E-state index in [1.54, 1.807) is 0 Å². The Labute approximate surface area is 71.8 Å². The van der Waals surface area contributed by atoms with Gasteiger partial charge in [-0.15, -0.1) is 5.10 Å². The summed E-state index contributed by atoms with van der Waals surface area (Å²) in [5, 5.41) is 9.81. The zero-order valence-corrected chi connectivity index (χ0v) is 7.68. The SMILES string of the molecule is CCNC(C)(C)c1nc(N)n[nH]1. The Morgan fingerprint density at radius 3 is 2.67 bits per heavy atom. The third kappa shape index (κ3) is 1.73. The lowest BCUT2D eigenvalue weighted by Gasteiger charge is -2.22. The molecule has 0 atom stereocenters. The van der Waals surface area contributed by atoms with Gasteiger partial charge in [0.05, 0.1) is 5.54 Å². The summed E-state index contributed by atoms with van der Waals surface area (Å²) in [6.45, 7) is 6.97. The second-order valence-electron chi connectivity index (χ2n) is 3.20. The highest BCUT2D eigenvalue weighted by atomic mass is 15.3. The zero-order valence-electron chi connectivity index (χ0n) is 7.68. The molecule has 0 unspecified atom stereocenters. The van der Waals surface area contributed by atoms with Crippen LogP contribution in [0.4, 0.5) is 5.95 Å². The van der Waals surface area contributed by atoms with E-state index in [0.717, 1.165) is 12.4 Å². The van der Waals surface area contributed by atoms with Gasteiger partial charge < -0.3 is 11.1 Å². The van der Waals surface area contributed by atoms with Crippen LogP contribution < -0.4 is 11.1 Å². The highest BCUT2D eigenvalue weighted by Crippen LogP contribution is 2.14. The molecule has 5 nitrogen and oxygen atoms in total. The molecule has 1 aromatic heterocycles. The number of nitrogen functional groups attached to an aromatic ring is 1. The number of hydrogen-bond donors (Lipinski definition) is 3. The van der Waals surface area contributed by atoms with Gasteiger partial charge in [0.1, 0.15) is 5.82 Å². The van der Waals surface area contributed by atoms with Crippen molar-refractivity contribution < 1.29 is 0 Å². The second kappa shape index (κ2) is 3.10. The fraction of sp³-hybridized carbons (Fsp3) is 0.714. The first-order chi connectivity index (χ1) is 5.56. The van der Waals surface area contributed by atoms with E-state index in [-0.39, 0.29) is 11.5 Å². The summed E-state index contributed by atoms with van der Waals surface area (Å²) >= 11 is 0. The lowest BCUT2D eigenvalue weighted by molar-refractivity contribution is 0.393. The molecule has 0 fully saturated rings. The Balaban J connectivity index is 2.81. The molecule has 0 amide bonds. The van der Waals surface area contributed by atoms with Crippen molar-refractivity contribution in [2.24, 2.45) is 0 Å². The van der Waals surface area contributed by atoms with Crippen molar-refractivity contribution >= 4 is 5.95 Å². The van der Waals surface area contributed by atoms with Crippen LogP contribution in [0.2, 0.25) is 0 Å². The number of nitrogens with two attached hydrogens (primary N) is 1. The summed E-state index contributed by atoms with van der Waals surface area (Å²) in [7, 11) is 0. The number of nitrogens with one attached hydrogen (secondary N) is 2. The van der Waals surface area contributed by atoms with Crippen LogP contribution >= 0.6 is 0 Å². The van der Waals surface area contributed by atoms with E-state index in [0.29, 0.717) is 0 Å². The Bertz CT molecular complexity index is 252. The fourth-order valence-corrected chi connectivity index (χ4v) is 1.08. The third-order valence-electron chi connectivity index (χ3n) is 1.71. The molecule has 1 heterocycles. The summed E-state index contributed by atoms with van der Waals surface area (Å²) in [5.74, 6) is 1.05. The van der Waals surface area contributed by atoms with Crippen LogP contribution in [0.15, 0.2) is 0 Å². The molecule has 1 aromatic rings. The average Bonchev–Trinajstić information content (AvgIpc) is 2.36. The van der Waals surface area contributed by atoms with E-state index in [1.807, 2.05) is 20.8 Å². The standard InChI is InChI=1S/C7H15N5/c1-4-9-7(2,3)5-10-6(8)12-11-5/h9H,4H2,1-3H3,(H3,8,10,11,12). The molecular weight excluding hydrogens is 154 g/mol. The minimum absolute atomic E-state index is 0.195. The lowest BCUT2D eigenvalue weighted by Crippen LogP contribution is -2.37. The third-order valence-corrected chi connectivity index (χ3v) is 1.71. The zero-order chi connectivity index (χ0) is 9.19. The van der Waals surface area contributed by atoms with E-state index in [9.17, 15) is 0 Å². The number of aromatic amines is 1. The van der Waals surface area contributed by atoms with Crippen LogP contribution in [0.5, 0.6) is 0 Å². The maximum Gasteiger partial charge on any atom is 0.239 e. The fourth-order valence-electron chi connectivity index (χ4n) is 1.08. The predicted molar refractivity (Wildman–Crippen MR) is 47.5 cm³/mol. The molecule has 0 saturated carbocycles. The van der Waals surface area contributed by atoms with Gasteiger partial charge >= 0.3 is 0 Å². The number of nitrogens with zero attached hydrogens (tertiary/aromatic N) is 2. The first-order valence-corrected chi connectivity index (χ1v) is 3.99. The number of anilines is 1. The minimum atomic E-state index is -0.195. The molecule has 0 aliphatic heterocycles. The molecular formula is C7H15N5. The van der Waals surface area contributed by atoms with Gasteiger partial charge in [0.15, 0.2) is 0 Å². The van der Waals surface area contributed by atoms with Crippen molar-refractivity contribution in [2.45, 2.75) is 26.3 Å². The quantitative estimate of drug-likeness (QED) is 0.605. The molecule has 0 bridgehead atoms. The topological polar surface area (TPSA) is 79.6 Å². The smallest absolute Gasteiger partial charge is 0.239 e. The van der Waals surface area contributed by atoms with Crippen LogP contribution in [0, 0.1) is 0 Å². The molecule has 68 valence electrons. The molecule has 1 rings (SSSR count). The average molecular weight is 169 g/mol. The first-order valence-electron chi connectivity index (χ1n) is 3.99. The summed E-state index contributed by atoms with van der Waals surface area (Å²) in [4.78, 5) is 4.05. The molecule has 4 N–H and O–H groups in total. The van der Waals surface area contributed by atoms with Crippen LogP contribution in [-0.2, 0) is 5.54 Å². The van der Waals surface area contributed by atoms with E-state index in [4.69, 9.17) is 5.73 Å². The van der Waals surface area contributed by atoms with E-state index >= 15 is 0 Å². The predicted octanol–water partition coefficient (Wildman–Crippen LogP) is 0.231. The number of rotatable bonds is 3. The van der Waals surface area contributed by atoms with Gasteiger partial charge in [0.2, 0.25) is 5.95 Å². The first kappa shape index (κ1) is 8.99. The Morgan fingerprint density at radius 2 is 2.25 bits per heavy atom. The van der Waals surface area contributed by atoms with Crippen LogP contribution in [0.3, 0.4) is 0 Å². The molecule has 12 heavy (non-hydrogen) atoms. The largest absolute Gasteiger partial charge is 0.367 e. The maximum atomic E-state index is 5.39. The summed E-state index contributed by atoms with van der Waals surface area (Å²) in [6, 6.07) is 0. The lowest BCUT2D eigenvalue weighted by atomic mass is 10.1. The number of H-pyrrole nitrogens is 1. The second-order valence-corrected chi connectivity index (χ2v) is 3.20. The minimum Gasteiger partial charge on any atom is -0.367 e. The van der Waals surface area contributed by atoms with Gasteiger partial charge in [-0.2, -0.15) is 4.98 Å². The van der Waals surface area contributed by atoms with Gasteiger partial charge in [-0.05, 0) is 20.4 Å². The van der Waals surface area contributed by atoms with Crippen molar-refractivity contribution in [3.63, 3.8) is 0 Å². The van der Waals surface area contributed by atoms with Crippen molar-refractivity contribution in [3.05, 3.63) is 5.82 Å². The Hall–Kier alpha value is -1.10.